The molecule has 0 radical (unpaired) electrons. The van der Waals surface area contributed by atoms with Gasteiger partial charge >= 0.3 is 5.97 Å². The largest absolute Gasteiger partial charge is 0.451 e. The summed E-state index contributed by atoms with van der Waals surface area (Å²) < 4.78 is 7.36. The molecule has 2 rings (SSSR count). The van der Waals surface area contributed by atoms with E-state index in [9.17, 15) is 9.59 Å². The third-order valence-corrected chi connectivity index (χ3v) is 2.74. The quantitative estimate of drug-likeness (QED) is 0.858. The summed E-state index contributed by atoms with van der Waals surface area (Å²) in [7, 11) is 1.47. The number of ether oxygens (including phenoxy) is 1. The molecule has 0 bridgehead atoms. The minimum atomic E-state index is -0.626. The fourth-order valence-electron chi connectivity index (χ4n) is 1.33. The first-order valence-electron chi connectivity index (χ1n) is 5.12. The summed E-state index contributed by atoms with van der Waals surface area (Å²) in [6.07, 6.45) is 3.32. The van der Waals surface area contributed by atoms with E-state index in [2.05, 4.69) is 26.2 Å². The molecular weight excluding hydrogens is 302 g/mol. The summed E-state index contributed by atoms with van der Waals surface area (Å²) in [6.45, 7) is -0.313. The number of amides is 1. The maximum atomic E-state index is 11.6. The highest BCUT2D eigenvalue weighted by molar-refractivity contribution is 9.10. The van der Waals surface area contributed by atoms with Crippen LogP contribution in [0.3, 0.4) is 0 Å². The number of carbonyl (C=O) groups excluding carboxylic acids is 2. The number of pyridine rings is 1. The number of hydrogen-bond acceptors (Lipinski definition) is 4. The van der Waals surface area contributed by atoms with Gasteiger partial charge < -0.3 is 14.5 Å². The van der Waals surface area contributed by atoms with Crippen molar-refractivity contribution in [2.24, 2.45) is 0 Å². The van der Waals surface area contributed by atoms with Crippen molar-refractivity contribution in [2.45, 2.75) is 0 Å². The zero-order valence-corrected chi connectivity index (χ0v) is 11.1. The zero-order valence-electron chi connectivity index (χ0n) is 9.51. The molecule has 6 nitrogen and oxygen atoms in total. The molecule has 0 fully saturated rings. The number of halogens is 1. The predicted molar refractivity (Wildman–Crippen MR) is 67.2 cm³/mol. The average Bonchev–Trinajstić information content (AvgIpc) is 2.78. The summed E-state index contributed by atoms with van der Waals surface area (Å²) >= 11 is 3.32. The number of esters is 1. The Morgan fingerprint density at radius 3 is 3.06 bits per heavy atom. The molecule has 0 aliphatic heterocycles. The topological polar surface area (TPSA) is 72.7 Å². The van der Waals surface area contributed by atoms with Crippen molar-refractivity contribution in [3.63, 3.8) is 0 Å². The summed E-state index contributed by atoms with van der Waals surface area (Å²) in [4.78, 5) is 26.7. The molecule has 0 atom stereocenters. The number of likely N-dealkylation sites (N-methyl/N-ethyl adjacent to an activating group) is 1. The van der Waals surface area contributed by atoms with Gasteiger partial charge in [0.1, 0.15) is 5.65 Å². The maximum Gasteiger partial charge on any atom is 0.359 e. The Morgan fingerprint density at radius 1 is 1.56 bits per heavy atom. The van der Waals surface area contributed by atoms with E-state index in [0.717, 1.165) is 4.47 Å². The minimum absolute atomic E-state index is 0.164. The molecule has 0 saturated carbocycles. The maximum absolute atomic E-state index is 11.6. The van der Waals surface area contributed by atoms with Gasteiger partial charge in [0.15, 0.2) is 12.3 Å². The van der Waals surface area contributed by atoms with Crippen LogP contribution in [-0.2, 0) is 9.53 Å². The van der Waals surface area contributed by atoms with Crippen molar-refractivity contribution in [3.8, 4) is 0 Å². The second kappa shape index (κ2) is 5.18. The number of aromatic nitrogens is 2. The number of imidazole rings is 1. The van der Waals surface area contributed by atoms with Crippen molar-refractivity contribution >= 4 is 33.5 Å². The third-order valence-electron chi connectivity index (χ3n) is 2.24. The second-order valence-corrected chi connectivity index (χ2v) is 4.40. The van der Waals surface area contributed by atoms with Crippen molar-refractivity contribution in [2.75, 3.05) is 13.7 Å². The van der Waals surface area contributed by atoms with Gasteiger partial charge in [-0.3, -0.25) is 4.79 Å². The van der Waals surface area contributed by atoms with Crippen LogP contribution in [0.25, 0.3) is 5.65 Å². The van der Waals surface area contributed by atoms with Crippen LogP contribution in [0.15, 0.2) is 29.0 Å². The molecule has 0 aliphatic rings. The third kappa shape index (κ3) is 2.67. The van der Waals surface area contributed by atoms with E-state index in [-0.39, 0.29) is 18.2 Å². The fraction of sp³-hybridized carbons (Fsp3) is 0.182. The van der Waals surface area contributed by atoms with E-state index in [1.54, 1.807) is 22.9 Å². The lowest BCUT2D eigenvalue weighted by atomic mass is 10.5. The zero-order chi connectivity index (χ0) is 13.1. The monoisotopic (exact) mass is 311 g/mol. The van der Waals surface area contributed by atoms with Gasteiger partial charge in [0.2, 0.25) is 0 Å². The number of carbonyl (C=O) groups is 2. The molecule has 2 heterocycles. The summed E-state index contributed by atoms with van der Waals surface area (Å²) in [5, 5.41) is 2.36. The van der Waals surface area contributed by atoms with E-state index in [4.69, 9.17) is 4.74 Å². The van der Waals surface area contributed by atoms with Crippen LogP contribution >= 0.6 is 15.9 Å². The van der Waals surface area contributed by atoms with Gasteiger partial charge in [-0.25, -0.2) is 9.78 Å². The highest BCUT2D eigenvalue weighted by Crippen LogP contribution is 2.13. The van der Waals surface area contributed by atoms with Crippen LogP contribution in [0, 0.1) is 0 Å². The van der Waals surface area contributed by atoms with E-state index < -0.39 is 5.97 Å². The van der Waals surface area contributed by atoms with E-state index in [0.29, 0.717) is 5.65 Å². The number of nitrogens with zero attached hydrogens (tertiary/aromatic N) is 2. The Hall–Kier alpha value is -1.89. The SMILES string of the molecule is CNC(=O)COC(=O)c1cn2ccc(Br)cc2n1. The van der Waals surface area contributed by atoms with Gasteiger partial charge in [0, 0.05) is 23.9 Å². The molecule has 0 saturated heterocycles. The van der Waals surface area contributed by atoms with Gasteiger partial charge in [0.25, 0.3) is 5.91 Å². The lowest BCUT2D eigenvalue weighted by Gasteiger charge is -2.00. The minimum Gasteiger partial charge on any atom is -0.451 e. The summed E-state index contributed by atoms with van der Waals surface area (Å²) in [5.74, 6) is -0.992. The summed E-state index contributed by atoms with van der Waals surface area (Å²) in [5.41, 5.74) is 0.785. The molecule has 2 aromatic rings. The molecule has 0 unspecified atom stereocenters. The lowest BCUT2D eigenvalue weighted by molar-refractivity contribution is -0.123. The highest BCUT2D eigenvalue weighted by atomic mass is 79.9. The average molecular weight is 312 g/mol. The Kier molecular flexibility index (Phi) is 3.61. The number of nitrogens with one attached hydrogen (secondary N) is 1. The van der Waals surface area contributed by atoms with Crippen LogP contribution in [0.2, 0.25) is 0 Å². The number of rotatable bonds is 3. The van der Waals surface area contributed by atoms with Gasteiger partial charge in [-0.05, 0) is 12.1 Å². The first-order valence-corrected chi connectivity index (χ1v) is 5.91. The Labute approximate surface area is 111 Å². The molecule has 1 N–H and O–H groups in total. The second-order valence-electron chi connectivity index (χ2n) is 3.49. The number of hydrogen-bond donors (Lipinski definition) is 1. The van der Waals surface area contributed by atoms with Gasteiger partial charge in [-0.2, -0.15) is 0 Å². The molecule has 2 aromatic heterocycles. The predicted octanol–water partition coefficient (Wildman–Crippen LogP) is 1.000. The molecule has 0 aliphatic carbocycles. The first-order chi connectivity index (χ1) is 8.60. The van der Waals surface area contributed by atoms with Gasteiger partial charge in [0.05, 0.1) is 0 Å². The summed E-state index contributed by atoms with van der Waals surface area (Å²) in [6, 6.07) is 3.60. The molecule has 1 amide bonds. The Morgan fingerprint density at radius 2 is 2.33 bits per heavy atom. The Bertz CT molecular complexity index is 609. The first kappa shape index (κ1) is 12.6. The highest BCUT2D eigenvalue weighted by Gasteiger charge is 2.13. The molecular formula is C11H10BrN3O3. The van der Waals surface area contributed by atoms with Crippen LogP contribution < -0.4 is 5.32 Å². The van der Waals surface area contributed by atoms with E-state index in [1.165, 1.54) is 7.05 Å². The molecule has 0 spiro atoms. The molecule has 94 valence electrons. The smallest absolute Gasteiger partial charge is 0.359 e. The standard InChI is InChI=1S/C11H10BrN3O3/c1-13-10(16)6-18-11(17)8-5-15-3-2-7(12)4-9(15)14-8/h2-5H,6H2,1H3,(H,13,16). The molecule has 7 heteroatoms. The van der Waals surface area contributed by atoms with Crippen LogP contribution in [-0.4, -0.2) is 34.9 Å². The molecule has 0 aromatic carbocycles. The Balaban J connectivity index is 2.15. The van der Waals surface area contributed by atoms with Crippen LogP contribution in [0.1, 0.15) is 10.5 Å². The lowest BCUT2D eigenvalue weighted by Crippen LogP contribution is -2.25. The van der Waals surface area contributed by atoms with Gasteiger partial charge in [-0.1, -0.05) is 15.9 Å². The number of fused-ring (bicyclic) bond motifs is 1. The molecule has 18 heavy (non-hydrogen) atoms. The van der Waals surface area contributed by atoms with Crippen molar-refractivity contribution in [1.29, 1.82) is 0 Å². The van der Waals surface area contributed by atoms with Crippen LogP contribution in [0.4, 0.5) is 0 Å². The van der Waals surface area contributed by atoms with Crippen molar-refractivity contribution in [1.82, 2.24) is 14.7 Å². The van der Waals surface area contributed by atoms with E-state index >= 15 is 0 Å². The van der Waals surface area contributed by atoms with E-state index in [1.807, 2.05) is 6.07 Å². The fourth-order valence-corrected chi connectivity index (χ4v) is 1.66. The van der Waals surface area contributed by atoms with Crippen molar-refractivity contribution < 1.29 is 14.3 Å². The van der Waals surface area contributed by atoms with Crippen molar-refractivity contribution in [3.05, 3.63) is 34.7 Å². The normalized spacial score (nSPS) is 10.3. The van der Waals surface area contributed by atoms with Gasteiger partial charge in [-0.15, -0.1) is 0 Å². The van der Waals surface area contributed by atoms with Crippen LogP contribution in [0.5, 0.6) is 0 Å².